The van der Waals surface area contributed by atoms with Gasteiger partial charge in [0, 0.05) is 12.4 Å². The van der Waals surface area contributed by atoms with E-state index in [-0.39, 0.29) is 0 Å². The number of halogens is 1. The third kappa shape index (κ3) is 1.70. The van der Waals surface area contributed by atoms with E-state index in [1.54, 1.807) is 12.4 Å². The molecule has 0 radical (unpaired) electrons. The first-order chi connectivity index (χ1) is 4.72. The van der Waals surface area contributed by atoms with Crippen LogP contribution in [0.1, 0.15) is 5.56 Å². The van der Waals surface area contributed by atoms with Crippen molar-refractivity contribution < 1.29 is 5.02 Å². The highest BCUT2D eigenvalue weighted by Crippen LogP contribution is 1.96. The molecule has 0 bridgehead atoms. The average molecular weight is 247 g/mol. The average Bonchev–Trinajstić information content (AvgIpc) is 1.88. The molecule has 0 saturated carbocycles. The third-order valence-electron chi connectivity index (χ3n) is 1.34. The van der Waals surface area contributed by atoms with Crippen LogP contribution >= 0.6 is 22.4 Å². The van der Waals surface area contributed by atoms with Crippen LogP contribution in [0.2, 0.25) is 0 Å². The Hall–Kier alpha value is -0.0951. The number of rotatable bonds is 1. The maximum atomic E-state index is 9.15. The van der Waals surface area contributed by atoms with Crippen LogP contribution in [0.4, 0.5) is 0 Å². The molecular formula is C6H7BINO. The molecule has 1 aromatic heterocycles. The molecule has 1 N–H and O–H groups in total. The van der Waals surface area contributed by atoms with Crippen molar-refractivity contribution in [1.82, 2.24) is 4.98 Å². The lowest BCUT2D eigenvalue weighted by Gasteiger charge is -2.00. The maximum absolute atomic E-state index is 9.15. The van der Waals surface area contributed by atoms with Crippen molar-refractivity contribution in [2.75, 3.05) is 0 Å². The second-order valence-electron chi connectivity index (χ2n) is 2.07. The number of aromatic nitrogens is 1. The zero-order valence-corrected chi connectivity index (χ0v) is 7.74. The van der Waals surface area contributed by atoms with E-state index in [0.717, 1.165) is 11.0 Å². The van der Waals surface area contributed by atoms with Crippen LogP contribution in [0.25, 0.3) is 0 Å². The van der Waals surface area contributed by atoms with Gasteiger partial charge in [0.15, 0.2) is 0 Å². The van der Waals surface area contributed by atoms with Gasteiger partial charge in [-0.2, -0.15) is 0 Å². The summed E-state index contributed by atoms with van der Waals surface area (Å²) in [7, 11) is 0. The number of pyridine rings is 1. The van der Waals surface area contributed by atoms with Crippen molar-refractivity contribution >= 4 is 32.6 Å². The summed E-state index contributed by atoms with van der Waals surface area (Å²) in [6.45, 7) is 1.96. The minimum atomic E-state index is -0.439. The molecule has 52 valence electrons. The Morgan fingerprint density at radius 1 is 1.70 bits per heavy atom. The number of hydrogen-bond donors (Lipinski definition) is 1. The summed E-state index contributed by atoms with van der Waals surface area (Å²) in [5.41, 5.74) is 1.97. The molecule has 2 nitrogen and oxygen atoms in total. The number of aryl methyl sites for hydroxylation is 1. The molecular weight excluding hydrogens is 240 g/mol. The number of nitrogens with zero attached hydrogens (tertiary/aromatic N) is 1. The zero-order valence-electron chi connectivity index (χ0n) is 5.58. The van der Waals surface area contributed by atoms with E-state index in [1.807, 2.05) is 35.4 Å². The molecule has 1 heterocycles. The Kier molecular flexibility index (Phi) is 2.68. The van der Waals surface area contributed by atoms with Gasteiger partial charge in [-0.1, -0.05) is 5.56 Å². The minimum absolute atomic E-state index is 0.439. The van der Waals surface area contributed by atoms with E-state index < -0.39 is 4.77 Å². The van der Waals surface area contributed by atoms with E-state index in [0.29, 0.717) is 0 Å². The molecule has 0 saturated heterocycles. The summed E-state index contributed by atoms with van der Waals surface area (Å²) < 4.78 is -0.439. The van der Waals surface area contributed by atoms with Gasteiger partial charge >= 0.3 is 4.77 Å². The summed E-state index contributed by atoms with van der Waals surface area (Å²) in [4.78, 5) is 3.90. The predicted molar refractivity (Wildman–Crippen MR) is 50.6 cm³/mol. The van der Waals surface area contributed by atoms with E-state index in [2.05, 4.69) is 4.98 Å². The van der Waals surface area contributed by atoms with Gasteiger partial charge in [-0.05, 0) is 18.5 Å². The van der Waals surface area contributed by atoms with Crippen LogP contribution in [-0.4, -0.2) is 14.8 Å². The molecule has 0 aromatic carbocycles. The van der Waals surface area contributed by atoms with Crippen molar-refractivity contribution in [2.45, 2.75) is 6.92 Å². The van der Waals surface area contributed by atoms with Crippen LogP contribution in [0.3, 0.4) is 0 Å². The van der Waals surface area contributed by atoms with Gasteiger partial charge in [-0.15, -0.1) is 22.4 Å². The molecule has 0 atom stereocenters. The van der Waals surface area contributed by atoms with Gasteiger partial charge < -0.3 is 5.02 Å². The lowest BCUT2D eigenvalue weighted by Crippen LogP contribution is -2.26. The van der Waals surface area contributed by atoms with E-state index in [4.69, 9.17) is 5.02 Å². The summed E-state index contributed by atoms with van der Waals surface area (Å²) in [6.07, 6.45) is 3.41. The SMILES string of the molecule is Cc1ccncc1B(O)I. The predicted octanol–water partition coefficient (Wildman–Crippen LogP) is 0.513. The monoisotopic (exact) mass is 247 g/mol. The van der Waals surface area contributed by atoms with Crippen LogP contribution in [0, 0.1) is 6.92 Å². The molecule has 0 fully saturated rings. The van der Waals surface area contributed by atoms with Crippen molar-refractivity contribution in [3.8, 4) is 0 Å². The molecule has 0 amide bonds. The van der Waals surface area contributed by atoms with Crippen LogP contribution in [-0.2, 0) is 0 Å². The highest BCUT2D eigenvalue weighted by molar-refractivity contribution is 14.1. The van der Waals surface area contributed by atoms with Crippen molar-refractivity contribution in [3.63, 3.8) is 0 Å². The molecule has 1 rings (SSSR count). The topological polar surface area (TPSA) is 33.1 Å². The Balaban J connectivity index is 3.03. The Labute approximate surface area is 73.7 Å². The lowest BCUT2D eigenvalue weighted by molar-refractivity contribution is 0.612. The minimum Gasteiger partial charge on any atom is -0.438 e. The summed E-state index contributed by atoms with van der Waals surface area (Å²) >= 11 is 1.95. The Bertz CT molecular complexity index is 229. The molecule has 10 heavy (non-hydrogen) atoms. The Morgan fingerprint density at radius 2 is 2.40 bits per heavy atom. The first kappa shape index (κ1) is 8.01. The van der Waals surface area contributed by atoms with Gasteiger partial charge in [-0.3, -0.25) is 4.98 Å². The second kappa shape index (κ2) is 3.34. The van der Waals surface area contributed by atoms with Gasteiger partial charge in [0.25, 0.3) is 0 Å². The first-order valence-corrected chi connectivity index (χ1v) is 4.19. The lowest BCUT2D eigenvalue weighted by atomic mass is 9.86. The van der Waals surface area contributed by atoms with Crippen LogP contribution < -0.4 is 5.46 Å². The van der Waals surface area contributed by atoms with Gasteiger partial charge in [-0.25, -0.2) is 0 Å². The standard InChI is InChI=1S/C6H7BINO/c1-5-2-3-9-4-6(5)7(8)10/h2-4,10H,1H3. The van der Waals surface area contributed by atoms with Gasteiger partial charge in [0.05, 0.1) is 0 Å². The fourth-order valence-electron chi connectivity index (χ4n) is 0.726. The molecule has 0 aliphatic rings. The highest BCUT2D eigenvalue weighted by Gasteiger charge is 2.10. The van der Waals surface area contributed by atoms with Crippen LogP contribution in [0.5, 0.6) is 0 Å². The first-order valence-electron chi connectivity index (χ1n) is 2.94. The van der Waals surface area contributed by atoms with Gasteiger partial charge in [0.2, 0.25) is 0 Å². The molecule has 4 heteroatoms. The second-order valence-corrected chi connectivity index (χ2v) is 3.25. The smallest absolute Gasteiger partial charge is 0.399 e. The van der Waals surface area contributed by atoms with Crippen molar-refractivity contribution in [2.24, 2.45) is 0 Å². The summed E-state index contributed by atoms with van der Waals surface area (Å²) in [5.74, 6) is 0. The zero-order chi connectivity index (χ0) is 7.56. The van der Waals surface area contributed by atoms with E-state index in [1.165, 1.54) is 0 Å². The quantitative estimate of drug-likeness (QED) is 0.579. The summed E-state index contributed by atoms with van der Waals surface area (Å²) in [6, 6.07) is 1.89. The highest BCUT2D eigenvalue weighted by atomic mass is 127. The Morgan fingerprint density at radius 3 is 2.80 bits per heavy atom. The molecule has 0 aliphatic carbocycles. The fourth-order valence-corrected chi connectivity index (χ4v) is 1.38. The summed E-state index contributed by atoms with van der Waals surface area (Å²) in [5, 5.41) is 9.15. The molecule has 1 aromatic rings. The van der Waals surface area contributed by atoms with Crippen LogP contribution in [0.15, 0.2) is 18.5 Å². The normalized spacial score (nSPS) is 9.50. The van der Waals surface area contributed by atoms with Gasteiger partial charge in [0.1, 0.15) is 0 Å². The van der Waals surface area contributed by atoms with E-state index >= 15 is 0 Å². The van der Waals surface area contributed by atoms with E-state index in [9.17, 15) is 0 Å². The fraction of sp³-hybridized carbons (Fsp3) is 0.167. The van der Waals surface area contributed by atoms with Crippen molar-refractivity contribution in [3.05, 3.63) is 24.0 Å². The largest absolute Gasteiger partial charge is 0.438 e. The molecule has 0 aliphatic heterocycles. The third-order valence-corrected chi connectivity index (χ3v) is 2.01. The molecule has 0 unspecified atom stereocenters. The maximum Gasteiger partial charge on any atom is 0.399 e. The number of hydrogen-bond acceptors (Lipinski definition) is 2. The van der Waals surface area contributed by atoms with Crippen molar-refractivity contribution in [1.29, 1.82) is 0 Å². The molecule has 0 spiro atoms.